The summed E-state index contributed by atoms with van der Waals surface area (Å²) in [4.78, 5) is 13.5. The summed E-state index contributed by atoms with van der Waals surface area (Å²) in [5, 5.41) is 8.99. The summed E-state index contributed by atoms with van der Waals surface area (Å²) in [6.45, 7) is 0.999. The summed E-state index contributed by atoms with van der Waals surface area (Å²) >= 11 is 0. The second kappa shape index (κ2) is 3.05. The number of carbonyl (C=O) groups excluding carboxylic acids is 1. The molecular formula is C9H15NO2. The van der Waals surface area contributed by atoms with E-state index in [0.29, 0.717) is 5.92 Å². The average molecular weight is 169 g/mol. The fourth-order valence-corrected chi connectivity index (χ4v) is 1.88. The molecule has 0 aromatic heterocycles. The molecule has 0 aromatic carbocycles. The van der Waals surface area contributed by atoms with Crippen molar-refractivity contribution in [2.45, 2.75) is 31.7 Å². The molecule has 1 aliphatic heterocycles. The molecule has 1 heterocycles. The first-order valence-corrected chi connectivity index (χ1v) is 4.74. The van der Waals surface area contributed by atoms with Gasteiger partial charge in [0.25, 0.3) is 0 Å². The second-order valence-electron chi connectivity index (χ2n) is 3.78. The molecule has 1 saturated heterocycles. The van der Waals surface area contributed by atoms with Crippen LogP contribution in [0, 0.1) is 5.92 Å². The highest BCUT2D eigenvalue weighted by molar-refractivity contribution is 5.81. The molecule has 1 atom stereocenters. The zero-order chi connectivity index (χ0) is 8.55. The summed E-state index contributed by atoms with van der Waals surface area (Å²) < 4.78 is 0. The van der Waals surface area contributed by atoms with Crippen molar-refractivity contribution < 1.29 is 9.90 Å². The van der Waals surface area contributed by atoms with Crippen molar-refractivity contribution in [3.63, 3.8) is 0 Å². The molecule has 2 fully saturated rings. The van der Waals surface area contributed by atoms with Crippen LogP contribution in [-0.2, 0) is 4.79 Å². The van der Waals surface area contributed by atoms with Crippen molar-refractivity contribution in [3.05, 3.63) is 0 Å². The Kier molecular flexibility index (Phi) is 2.05. The van der Waals surface area contributed by atoms with E-state index in [1.54, 1.807) is 0 Å². The monoisotopic (exact) mass is 169 g/mol. The van der Waals surface area contributed by atoms with Gasteiger partial charge < -0.3 is 10.0 Å². The van der Waals surface area contributed by atoms with Crippen molar-refractivity contribution in [2.24, 2.45) is 5.92 Å². The number of likely N-dealkylation sites (tertiary alicyclic amines) is 1. The van der Waals surface area contributed by atoms with Crippen LogP contribution in [0.3, 0.4) is 0 Å². The molecule has 1 saturated carbocycles. The number of hydrogen-bond acceptors (Lipinski definition) is 2. The summed E-state index contributed by atoms with van der Waals surface area (Å²) in [6, 6.07) is 0.123. The van der Waals surface area contributed by atoms with Gasteiger partial charge in [-0.05, 0) is 25.7 Å². The predicted molar refractivity (Wildman–Crippen MR) is 44.5 cm³/mol. The van der Waals surface area contributed by atoms with E-state index in [1.807, 2.05) is 4.90 Å². The Hall–Kier alpha value is -0.570. The van der Waals surface area contributed by atoms with Crippen LogP contribution < -0.4 is 0 Å². The minimum atomic E-state index is 0.123. The highest BCUT2D eigenvalue weighted by Gasteiger charge is 2.37. The molecule has 2 aliphatic rings. The van der Waals surface area contributed by atoms with Gasteiger partial charge >= 0.3 is 0 Å². The number of aliphatic hydroxyl groups is 1. The van der Waals surface area contributed by atoms with Crippen molar-refractivity contribution in [2.75, 3.05) is 13.2 Å². The maximum atomic E-state index is 11.6. The van der Waals surface area contributed by atoms with Crippen LogP contribution in [0.15, 0.2) is 0 Å². The maximum Gasteiger partial charge on any atom is 0.226 e. The third-order valence-electron chi connectivity index (χ3n) is 2.80. The van der Waals surface area contributed by atoms with Crippen LogP contribution >= 0.6 is 0 Å². The first-order valence-electron chi connectivity index (χ1n) is 4.74. The Labute approximate surface area is 72.4 Å². The van der Waals surface area contributed by atoms with Gasteiger partial charge in [-0.25, -0.2) is 0 Å². The van der Waals surface area contributed by atoms with Gasteiger partial charge in [0, 0.05) is 12.5 Å². The molecule has 0 radical (unpaired) electrons. The number of hydrogen-bond donors (Lipinski definition) is 1. The van der Waals surface area contributed by atoms with Crippen LogP contribution in [0.25, 0.3) is 0 Å². The fourth-order valence-electron chi connectivity index (χ4n) is 1.88. The largest absolute Gasteiger partial charge is 0.394 e. The molecule has 1 amide bonds. The molecule has 0 bridgehead atoms. The lowest BCUT2D eigenvalue weighted by Gasteiger charge is -2.22. The van der Waals surface area contributed by atoms with Gasteiger partial charge in [-0.1, -0.05) is 0 Å². The quantitative estimate of drug-likeness (QED) is 0.649. The number of carbonyl (C=O) groups is 1. The van der Waals surface area contributed by atoms with E-state index in [0.717, 1.165) is 32.2 Å². The Bertz CT molecular complexity index is 189. The van der Waals surface area contributed by atoms with Gasteiger partial charge in [0.15, 0.2) is 0 Å². The molecule has 0 spiro atoms. The average Bonchev–Trinajstić information content (AvgIpc) is 2.82. The van der Waals surface area contributed by atoms with E-state index in [1.165, 1.54) is 0 Å². The van der Waals surface area contributed by atoms with Gasteiger partial charge in [-0.3, -0.25) is 4.79 Å². The molecule has 2 rings (SSSR count). The SMILES string of the molecule is O=C(C1CC1)N1CCC[C@H]1CO. The van der Waals surface area contributed by atoms with E-state index in [2.05, 4.69) is 0 Å². The van der Waals surface area contributed by atoms with Crippen LogP contribution in [0.4, 0.5) is 0 Å². The maximum absolute atomic E-state index is 11.6. The molecule has 12 heavy (non-hydrogen) atoms. The molecule has 0 unspecified atom stereocenters. The van der Waals surface area contributed by atoms with E-state index in [-0.39, 0.29) is 18.6 Å². The van der Waals surface area contributed by atoms with Gasteiger partial charge in [0.2, 0.25) is 5.91 Å². The van der Waals surface area contributed by atoms with Crippen LogP contribution in [-0.4, -0.2) is 35.1 Å². The number of nitrogens with zero attached hydrogens (tertiary/aromatic N) is 1. The second-order valence-corrected chi connectivity index (χ2v) is 3.78. The van der Waals surface area contributed by atoms with E-state index >= 15 is 0 Å². The van der Waals surface area contributed by atoms with Crippen LogP contribution in [0.2, 0.25) is 0 Å². The first-order chi connectivity index (χ1) is 5.83. The van der Waals surface area contributed by atoms with Crippen LogP contribution in [0.5, 0.6) is 0 Å². The van der Waals surface area contributed by atoms with Crippen molar-refractivity contribution in [1.29, 1.82) is 0 Å². The smallest absolute Gasteiger partial charge is 0.226 e. The van der Waals surface area contributed by atoms with E-state index in [4.69, 9.17) is 5.11 Å². The minimum Gasteiger partial charge on any atom is -0.394 e. The molecule has 1 aliphatic carbocycles. The Morgan fingerprint density at radius 3 is 2.75 bits per heavy atom. The third-order valence-corrected chi connectivity index (χ3v) is 2.80. The number of aliphatic hydroxyl groups excluding tert-OH is 1. The molecular weight excluding hydrogens is 154 g/mol. The van der Waals surface area contributed by atoms with E-state index < -0.39 is 0 Å². The summed E-state index contributed by atoms with van der Waals surface area (Å²) in [6.07, 6.45) is 4.17. The number of rotatable bonds is 2. The zero-order valence-corrected chi connectivity index (χ0v) is 7.20. The highest BCUT2D eigenvalue weighted by atomic mass is 16.3. The fraction of sp³-hybridized carbons (Fsp3) is 0.889. The summed E-state index contributed by atoms with van der Waals surface area (Å²) in [5.74, 6) is 0.587. The van der Waals surface area contributed by atoms with Gasteiger partial charge in [0.1, 0.15) is 0 Å². The predicted octanol–water partition coefficient (Wildman–Crippen LogP) is 0.380. The standard InChI is InChI=1S/C9H15NO2/c11-6-8-2-1-5-10(8)9(12)7-3-4-7/h7-8,11H,1-6H2/t8-/m0/s1. The van der Waals surface area contributed by atoms with Crippen molar-refractivity contribution in [3.8, 4) is 0 Å². The van der Waals surface area contributed by atoms with E-state index in [9.17, 15) is 4.79 Å². The third kappa shape index (κ3) is 1.33. The van der Waals surface area contributed by atoms with Gasteiger partial charge in [-0.2, -0.15) is 0 Å². The van der Waals surface area contributed by atoms with Crippen LogP contribution in [0.1, 0.15) is 25.7 Å². The lowest BCUT2D eigenvalue weighted by molar-refractivity contribution is -0.134. The Morgan fingerprint density at radius 2 is 2.17 bits per heavy atom. The summed E-state index contributed by atoms with van der Waals surface area (Å²) in [5.41, 5.74) is 0. The molecule has 1 N–H and O–H groups in total. The number of amides is 1. The zero-order valence-electron chi connectivity index (χ0n) is 7.20. The molecule has 0 aromatic rings. The Balaban J connectivity index is 1.96. The minimum absolute atomic E-state index is 0.123. The first kappa shape index (κ1) is 8.05. The van der Waals surface area contributed by atoms with Crippen molar-refractivity contribution in [1.82, 2.24) is 4.90 Å². The van der Waals surface area contributed by atoms with Gasteiger partial charge in [0.05, 0.1) is 12.6 Å². The normalized spacial score (nSPS) is 29.4. The molecule has 3 heteroatoms. The van der Waals surface area contributed by atoms with Gasteiger partial charge in [-0.15, -0.1) is 0 Å². The Morgan fingerprint density at radius 1 is 1.42 bits per heavy atom. The lowest BCUT2D eigenvalue weighted by Crippen LogP contribution is -2.38. The molecule has 3 nitrogen and oxygen atoms in total. The lowest BCUT2D eigenvalue weighted by atomic mass is 10.2. The van der Waals surface area contributed by atoms with Crippen molar-refractivity contribution >= 4 is 5.91 Å². The highest BCUT2D eigenvalue weighted by Crippen LogP contribution is 2.33. The topological polar surface area (TPSA) is 40.5 Å². The summed E-state index contributed by atoms with van der Waals surface area (Å²) in [7, 11) is 0. The molecule has 68 valence electrons.